The van der Waals surface area contributed by atoms with Crippen molar-refractivity contribution in [1.29, 1.82) is 0 Å². The van der Waals surface area contributed by atoms with Crippen molar-refractivity contribution in [2.75, 3.05) is 20.8 Å². The number of nitrogens with one attached hydrogen (secondary N) is 1. The number of benzene rings is 2. The van der Waals surface area contributed by atoms with Gasteiger partial charge in [0.2, 0.25) is 5.91 Å². The van der Waals surface area contributed by atoms with Gasteiger partial charge in [-0.05, 0) is 17.7 Å². The van der Waals surface area contributed by atoms with Gasteiger partial charge < -0.3 is 14.8 Å². The van der Waals surface area contributed by atoms with Crippen LogP contribution in [0.2, 0.25) is 5.02 Å². The fraction of sp³-hybridized carbons (Fsp3) is 0.235. The number of rotatable bonds is 6. The number of hydrogen-bond donors (Lipinski definition) is 1. The Balaban J connectivity index is 2.46. The van der Waals surface area contributed by atoms with E-state index in [4.69, 9.17) is 21.1 Å². The van der Waals surface area contributed by atoms with Crippen molar-refractivity contribution in [2.45, 2.75) is 6.04 Å². The quantitative estimate of drug-likeness (QED) is 0.889. The largest absolute Gasteiger partial charge is 0.496 e. The summed E-state index contributed by atoms with van der Waals surface area (Å²) >= 11 is 6.30. The van der Waals surface area contributed by atoms with Crippen LogP contribution < -0.4 is 10.1 Å². The van der Waals surface area contributed by atoms with Gasteiger partial charge >= 0.3 is 0 Å². The lowest BCUT2D eigenvalue weighted by molar-refractivity contribution is -0.125. The van der Waals surface area contributed by atoms with E-state index in [0.29, 0.717) is 10.8 Å². The second kappa shape index (κ2) is 7.82. The Hall–Kier alpha value is -2.04. The molecule has 0 bridgehead atoms. The van der Waals surface area contributed by atoms with Crippen molar-refractivity contribution >= 4 is 17.5 Å². The number of ether oxygens (including phenoxy) is 2. The number of methoxy groups -OCH3 is 2. The van der Waals surface area contributed by atoms with Crippen LogP contribution in [0.5, 0.6) is 5.75 Å². The van der Waals surface area contributed by atoms with E-state index in [1.165, 1.54) is 7.11 Å². The highest BCUT2D eigenvalue weighted by Gasteiger charge is 2.22. The summed E-state index contributed by atoms with van der Waals surface area (Å²) in [6.45, 7) is -0.0178. The molecule has 1 atom stereocenters. The number of halogens is 1. The second-order valence-corrected chi connectivity index (χ2v) is 5.10. The smallest absolute Gasteiger partial charge is 0.246 e. The highest BCUT2D eigenvalue weighted by molar-refractivity contribution is 6.31. The van der Waals surface area contributed by atoms with E-state index < -0.39 is 6.04 Å². The molecule has 0 aliphatic rings. The summed E-state index contributed by atoms with van der Waals surface area (Å²) in [5.41, 5.74) is 1.64. The topological polar surface area (TPSA) is 47.6 Å². The van der Waals surface area contributed by atoms with Crippen molar-refractivity contribution in [3.8, 4) is 5.75 Å². The first-order valence-corrected chi connectivity index (χ1v) is 7.20. The van der Waals surface area contributed by atoms with E-state index in [2.05, 4.69) is 5.32 Å². The lowest BCUT2D eigenvalue weighted by Gasteiger charge is -2.22. The van der Waals surface area contributed by atoms with Gasteiger partial charge in [-0.25, -0.2) is 0 Å². The van der Waals surface area contributed by atoms with Gasteiger partial charge in [0.05, 0.1) is 13.2 Å². The normalized spacial score (nSPS) is 11.8. The highest BCUT2D eigenvalue weighted by Crippen LogP contribution is 2.33. The SMILES string of the molecule is COCC(=O)N[C@H](c1ccccc1Cl)c1ccccc1OC. The number of hydrogen-bond acceptors (Lipinski definition) is 3. The monoisotopic (exact) mass is 319 g/mol. The lowest BCUT2D eigenvalue weighted by atomic mass is 9.97. The third-order valence-electron chi connectivity index (χ3n) is 3.25. The fourth-order valence-electron chi connectivity index (χ4n) is 2.27. The maximum atomic E-state index is 12.0. The maximum Gasteiger partial charge on any atom is 0.246 e. The summed E-state index contributed by atoms with van der Waals surface area (Å²) in [4.78, 5) is 12.0. The summed E-state index contributed by atoms with van der Waals surface area (Å²) in [5, 5.41) is 3.52. The molecule has 0 heterocycles. The molecule has 0 radical (unpaired) electrons. The molecule has 2 aromatic carbocycles. The van der Waals surface area contributed by atoms with E-state index in [1.807, 2.05) is 42.5 Å². The van der Waals surface area contributed by atoms with Crippen molar-refractivity contribution in [3.63, 3.8) is 0 Å². The Kier molecular flexibility index (Phi) is 5.81. The molecule has 0 saturated heterocycles. The summed E-state index contributed by atoms with van der Waals surface area (Å²) in [7, 11) is 3.08. The zero-order valence-electron chi connectivity index (χ0n) is 12.5. The molecule has 0 aliphatic heterocycles. The van der Waals surface area contributed by atoms with Crippen LogP contribution in [0.4, 0.5) is 0 Å². The van der Waals surface area contributed by atoms with E-state index in [-0.39, 0.29) is 12.5 Å². The maximum absolute atomic E-state index is 12.0. The molecule has 0 fully saturated rings. The lowest BCUT2D eigenvalue weighted by Crippen LogP contribution is -2.32. The fourth-order valence-corrected chi connectivity index (χ4v) is 2.52. The van der Waals surface area contributed by atoms with Gasteiger partial charge in [0.25, 0.3) is 0 Å². The third-order valence-corrected chi connectivity index (χ3v) is 3.59. The Morgan fingerprint density at radius 3 is 2.36 bits per heavy atom. The Morgan fingerprint density at radius 2 is 1.73 bits per heavy atom. The first-order chi connectivity index (χ1) is 10.7. The Morgan fingerprint density at radius 1 is 1.09 bits per heavy atom. The molecular weight excluding hydrogens is 302 g/mol. The highest BCUT2D eigenvalue weighted by atomic mass is 35.5. The van der Waals surface area contributed by atoms with Crippen LogP contribution in [0.1, 0.15) is 17.2 Å². The molecule has 4 nitrogen and oxygen atoms in total. The molecular formula is C17H18ClNO3. The van der Waals surface area contributed by atoms with Gasteiger partial charge in [-0.3, -0.25) is 4.79 Å². The molecule has 0 unspecified atom stereocenters. The first kappa shape index (κ1) is 16.3. The molecule has 22 heavy (non-hydrogen) atoms. The molecule has 0 aliphatic carbocycles. The van der Waals surface area contributed by atoms with Gasteiger partial charge in [-0.2, -0.15) is 0 Å². The molecule has 116 valence electrons. The first-order valence-electron chi connectivity index (χ1n) is 6.83. The zero-order chi connectivity index (χ0) is 15.9. The number of carbonyl (C=O) groups is 1. The van der Waals surface area contributed by atoms with Gasteiger partial charge in [-0.15, -0.1) is 0 Å². The van der Waals surface area contributed by atoms with Crippen molar-refractivity contribution in [3.05, 3.63) is 64.7 Å². The zero-order valence-corrected chi connectivity index (χ0v) is 13.3. The Bertz CT molecular complexity index is 645. The summed E-state index contributed by atoms with van der Waals surface area (Å²) < 4.78 is 10.3. The molecule has 2 rings (SSSR count). The van der Waals surface area contributed by atoms with E-state index >= 15 is 0 Å². The molecule has 0 aromatic heterocycles. The molecule has 0 saturated carbocycles. The molecule has 2 aromatic rings. The van der Waals surface area contributed by atoms with Gasteiger partial charge in [0, 0.05) is 17.7 Å². The number of amides is 1. The van der Waals surface area contributed by atoms with Crippen LogP contribution in [0.25, 0.3) is 0 Å². The van der Waals surface area contributed by atoms with Crippen LogP contribution in [0.15, 0.2) is 48.5 Å². The van der Waals surface area contributed by atoms with Gasteiger partial charge in [0.1, 0.15) is 12.4 Å². The average molecular weight is 320 g/mol. The minimum atomic E-state index is -0.410. The Labute approximate surface area is 135 Å². The van der Waals surface area contributed by atoms with E-state index in [1.54, 1.807) is 13.2 Å². The molecule has 5 heteroatoms. The van der Waals surface area contributed by atoms with E-state index in [0.717, 1.165) is 11.1 Å². The van der Waals surface area contributed by atoms with Gasteiger partial charge in [-0.1, -0.05) is 48.0 Å². The predicted molar refractivity (Wildman–Crippen MR) is 86.3 cm³/mol. The second-order valence-electron chi connectivity index (χ2n) is 4.70. The van der Waals surface area contributed by atoms with Crippen LogP contribution in [-0.4, -0.2) is 26.7 Å². The van der Waals surface area contributed by atoms with Crippen LogP contribution in [0.3, 0.4) is 0 Å². The number of para-hydroxylation sites is 1. The van der Waals surface area contributed by atoms with Gasteiger partial charge in [0.15, 0.2) is 0 Å². The van der Waals surface area contributed by atoms with Crippen LogP contribution in [-0.2, 0) is 9.53 Å². The minimum absolute atomic E-state index is 0.0178. The average Bonchev–Trinajstić information content (AvgIpc) is 2.54. The molecule has 1 N–H and O–H groups in total. The third kappa shape index (κ3) is 3.78. The molecule has 1 amide bonds. The van der Waals surface area contributed by atoms with Crippen molar-refractivity contribution < 1.29 is 14.3 Å². The summed E-state index contributed by atoms with van der Waals surface area (Å²) in [6.07, 6.45) is 0. The van der Waals surface area contributed by atoms with Crippen LogP contribution >= 0.6 is 11.6 Å². The van der Waals surface area contributed by atoms with Crippen molar-refractivity contribution in [2.24, 2.45) is 0 Å². The van der Waals surface area contributed by atoms with Crippen LogP contribution in [0, 0.1) is 0 Å². The number of carbonyl (C=O) groups excluding carboxylic acids is 1. The predicted octanol–water partition coefficient (Wildman–Crippen LogP) is 3.20. The standard InChI is InChI=1S/C17H18ClNO3/c1-21-11-16(20)19-17(12-7-3-5-9-14(12)18)13-8-4-6-10-15(13)22-2/h3-10,17H,11H2,1-2H3,(H,19,20)/t17-/m1/s1. The molecule has 0 spiro atoms. The summed E-state index contributed by atoms with van der Waals surface area (Å²) in [6, 6.07) is 14.5. The van der Waals surface area contributed by atoms with E-state index in [9.17, 15) is 4.79 Å². The minimum Gasteiger partial charge on any atom is -0.496 e. The summed E-state index contributed by atoms with van der Waals surface area (Å²) in [5.74, 6) is 0.462. The van der Waals surface area contributed by atoms with Crippen molar-refractivity contribution in [1.82, 2.24) is 5.32 Å².